The van der Waals surface area contributed by atoms with Crippen LogP contribution >= 0.6 is 11.3 Å². The van der Waals surface area contributed by atoms with E-state index in [1.165, 1.54) is 30.5 Å². The van der Waals surface area contributed by atoms with Crippen LogP contribution in [0, 0.1) is 6.92 Å². The molecule has 1 amide bonds. The number of aliphatic hydroxyl groups excluding tert-OH is 1. The molecule has 1 atom stereocenters. The molecule has 0 saturated heterocycles. The van der Waals surface area contributed by atoms with Gasteiger partial charge in [-0.3, -0.25) is 14.5 Å². The van der Waals surface area contributed by atoms with Crippen LogP contribution in [0.25, 0.3) is 10.6 Å². The van der Waals surface area contributed by atoms with Crippen molar-refractivity contribution in [3.8, 4) is 33.6 Å². The molecule has 202 valence electrons. The second-order valence-electron chi connectivity index (χ2n) is 9.12. The Labute approximate surface area is 233 Å². The van der Waals surface area contributed by atoms with E-state index in [1.54, 1.807) is 43.3 Å². The molecule has 10 heteroatoms. The highest BCUT2D eigenvalue weighted by Gasteiger charge is 2.46. The number of rotatable bonds is 7. The molecule has 0 fully saturated rings. The molecule has 9 nitrogen and oxygen atoms in total. The van der Waals surface area contributed by atoms with Gasteiger partial charge in [0.2, 0.25) is 12.6 Å². The molecule has 0 radical (unpaired) electrons. The van der Waals surface area contributed by atoms with Crippen molar-refractivity contribution >= 4 is 28.7 Å². The van der Waals surface area contributed by atoms with Gasteiger partial charge in [0, 0.05) is 17.3 Å². The third kappa shape index (κ3) is 4.13. The quantitative estimate of drug-likeness (QED) is 0.291. The zero-order valence-corrected chi connectivity index (χ0v) is 22.7. The van der Waals surface area contributed by atoms with Crippen molar-refractivity contribution in [1.82, 2.24) is 4.98 Å². The molecule has 4 aromatic rings. The molecule has 0 aliphatic carbocycles. The van der Waals surface area contributed by atoms with Gasteiger partial charge in [0.1, 0.15) is 5.01 Å². The van der Waals surface area contributed by atoms with Gasteiger partial charge < -0.3 is 24.1 Å². The lowest BCUT2D eigenvalue weighted by molar-refractivity contribution is -0.117. The molecule has 40 heavy (non-hydrogen) atoms. The monoisotopic (exact) mass is 556 g/mol. The Kier molecular flexibility index (Phi) is 6.39. The molecule has 0 bridgehead atoms. The number of amides is 1. The molecule has 1 N–H and O–H groups in total. The number of benzene rings is 3. The summed E-state index contributed by atoms with van der Waals surface area (Å²) < 4.78 is 21.8. The Balaban J connectivity index is 1.49. The molecule has 2 aliphatic heterocycles. The largest absolute Gasteiger partial charge is 0.503 e. The fraction of sp³-hybridized carbons (Fsp3) is 0.167. The van der Waals surface area contributed by atoms with Crippen molar-refractivity contribution in [2.75, 3.05) is 25.9 Å². The summed E-state index contributed by atoms with van der Waals surface area (Å²) in [6.07, 6.45) is 0. The lowest BCUT2D eigenvalue weighted by Crippen LogP contribution is -2.31. The minimum atomic E-state index is -0.971. The summed E-state index contributed by atoms with van der Waals surface area (Å²) in [5.41, 5.74) is 2.29. The van der Waals surface area contributed by atoms with Gasteiger partial charge in [-0.2, -0.15) is 0 Å². The van der Waals surface area contributed by atoms with E-state index in [0.29, 0.717) is 49.8 Å². The molecule has 3 aromatic carbocycles. The van der Waals surface area contributed by atoms with Gasteiger partial charge in [0.25, 0.3) is 5.91 Å². The van der Waals surface area contributed by atoms with Gasteiger partial charge in [-0.05, 0) is 36.8 Å². The number of aliphatic hydroxyl groups is 1. The molecular formula is C30H24N2O7S. The van der Waals surface area contributed by atoms with Gasteiger partial charge in [-0.15, -0.1) is 11.3 Å². The first-order valence-electron chi connectivity index (χ1n) is 12.4. The summed E-state index contributed by atoms with van der Waals surface area (Å²) in [7, 11) is 3.02. The lowest BCUT2D eigenvalue weighted by atomic mass is 9.94. The summed E-state index contributed by atoms with van der Waals surface area (Å²) in [5.74, 6) is 0.0745. The van der Waals surface area contributed by atoms with E-state index in [1.807, 2.05) is 30.3 Å². The van der Waals surface area contributed by atoms with Gasteiger partial charge in [0.05, 0.1) is 36.4 Å². The molecule has 0 spiro atoms. The minimum absolute atomic E-state index is 0.0544. The maximum absolute atomic E-state index is 14.2. The standard InChI is InChI=1S/C30H24N2O7S/c1-16-28(40-29(31-16)17-7-5-4-6-8-17)26(33)24-25(18-9-11-20(36-2)22(13-18)37-3)32(30(35)27(24)34)19-10-12-21-23(14-19)39-15-38-21/h4-14,25,34H,15H2,1-3H3. The van der Waals surface area contributed by atoms with Crippen molar-refractivity contribution in [3.63, 3.8) is 0 Å². The summed E-state index contributed by atoms with van der Waals surface area (Å²) >= 11 is 1.22. The molecule has 0 saturated carbocycles. The predicted octanol–water partition coefficient (Wildman–Crippen LogP) is 5.65. The van der Waals surface area contributed by atoms with Crippen molar-refractivity contribution in [1.29, 1.82) is 0 Å². The van der Waals surface area contributed by atoms with Crippen molar-refractivity contribution in [2.24, 2.45) is 0 Å². The van der Waals surface area contributed by atoms with E-state index in [-0.39, 0.29) is 12.4 Å². The average Bonchev–Trinajstić information content (AvgIpc) is 3.68. The highest BCUT2D eigenvalue weighted by molar-refractivity contribution is 7.17. The number of aromatic nitrogens is 1. The fourth-order valence-electron chi connectivity index (χ4n) is 4.91. The van der Waals surface area contributed by atoms with Crippen LogP contribution in [0.2, 0.25) is 0 Å². The first kappa shape index (κ1) is 25.4. The summed E-state index contributed by atoms with van der Waals surface area (Å²) in [6, 6.07) is 18.7. The number of anilines is 1. The first-order valence-corrected chi connectivity index (χ1v) is 13.2. The Bertz CT molecular complexity index is 1680. The fourth-order valence-corrected chi connectivity index (χ4v) is 5.94. The topological polar surface area (TPSA) is 107 Å². The van der Waals surface area contributed by atoms with E-state index < -0.39 is 23.5 Å². The number of hydrogen-bond donors (Lipinski definition) is 1. The SMILES string of the molecule is COc1ccc(C2C(C(=O)c3sc(-c4ccccc4)nc3C)=C(O)C(=O)N2c2ccc3c(c2)OCO3)cc1OC. The molecule has 3 heterocycles. The van der Waals surface area contributed by atoms with Gasteiger partial charge in [-0.1, -0.05) is 36.4 Å². The number of Topliss-reactive ketones (excluding diaryl/α,β-unsaturated/α-hetero) is 1. The van der Waals surface area contributed by atoms with Crippen LogP contribution < -0.4 is 23.8 Å². The number of hydrogen-bond acceptors (Lipinski definition) is 9. The Morgan fingerprint density at radius 2 is 1.75 bits per heavy atom. The predicted molar refractivity (Wildman–Crippen MR) is 149 cm³/mol. The van der Waals surface area contributed by atoms with Crippen molar-refractivity contribution < 1.29 is 33.6 Å². The summed E-state index contributed by atoms with van der Waals surface area (Å²) in [4.78, 5) is 34.1. The highest BCUT2D eigenvalue weighted by Crippen LogP contribution is 2.47. The average molecular weight is 557 g/mol. The number of fused-ring (bicyclic) bond motifs is 1. The number of aryl methyl sites for hydroxylation is 1. The number of carbonyl (C=O) groups excluding carboxylic acids is 2. The van der Waals surface area contributed by atoms with Gasteiger partial charge in [0.15, 0.2) is 28.8 Å². The maximum Gasteiger partial charge on any atom is 0.294 e. The molecule has 1 unspecified atom stereocenters. The number of ether oxygens (including phenoxy) is 4. The van der Waals surface area contributed by atoms with E-state index in [9.17, 15) is 14.7 Å². The summed E-state index contributed by atoms with van der Waals surface area (Å²) in [5, 5.41) is 11.9. The first-order chi connectivity index (χ1) is 19.4. The minimum Gasteiger partial charge on any atom is -0.503 e. The Morgan fingerprint density at radius 1 is 1.00 bits per heavy atom. The van der Waals surface area contributed by atoms with Gasteiger partial charge in [-0.25, -0.2) is 4.98 Å². The van der Waals surface area contributed by atoms with E-state index in [0.717, 1.165) is 5.56 Å². The van der Waals surface area contributed by atoms with Crippen molar-refractivity contribution in [3.05, 3.63) is 94.2 Å². The molecule has 2 aliphatic rings. The summed E-state index contributed by atoms with van der Waals surface area (Å²) in [6.45, 7) is 1.80. The zero-order chi connectivity index (χ0) is 28.0. The van der Waals surface area contributed by atoms with E-state index in [2.05, 4.69) is 4.98 Å². The molecular weight excluding hydrogens is 532 g/mol. The van der Waals surface area contributed by atoms with Crippen molar-refractivity contribution in [2.45, 2.75) is 13.0 Å². The van der Waals surface area contributed by atoms with Crippen LogP contribution in [-0.4, -0.2) is 42.8 Å². The highest BCUT2D eigenvalue weighted by atomic mass is 32.1. The maximum atomic E-state index is 14.2. The van der Waals surface area contributed by atoms with Gasteiger partial charge >= 0.3 is 0 Å². The van der Waals surface area contributed by atoms with Crippen LogP contribution in [0.15, 0.2) is 78.1 Å². The normalized spacial score (nSPS) is 16.0. The van der Waals surface area contributed by atoms with E-state index in [4.69, 9.17) is 18.9 Å². The lowest BCUT2D eigenvalue weighted by Gasteiger charge is -2.27. The molecule has 1 aromatic heterocycles. The van der Waals surface area contributed by atoms with Crippen LogP contribution in [0.3, 0.4) is 0 Å². The third-order valence-corrected chi connectivity index (χ3v) is 8.04. The van der Waals surface area contributed by atoms with Crippen LogP contribution in [0.5, 0.6) is 23.0 Å². The van der Waals surface area contributed by atoms with E-state index >= 15 is 0 Å². The molecule has 6 rings (SSSR count). The van der Waals surface area contributed by atoms with Crippen LogP contribution in [-0.2, 0) is 4.79 Å². The van der Waals surface area contributed by atoms with Crippen LogP contribution in [0.1, 0.15) is 27.0 Å². The smallest absolute Gasteiger partial charge is 0.294 e. The second kappa shape index (κ2) is 10.0. The second-order valence-corrected chi connectivity index (χ2v) is 10.1. The Morgan fingerprint density at radius 3 is 2.50 bits per heavy atom. The number of carbonyl (C=O) groups is 2. The van der Waals surface area contributed by atoms with Crippen LogP contribution in [0.4, 0.5) is 5.69 Å². The third-order valence-electron chi connectivity index (χ3n) is 6.83. The number of ketones is 1. The number of methoxy groups -OCH3 is 2. The number of thiazole rings is 1. The number of nitrogens with zero attached hydrogens (tertiary/aromatic N) is 2. The Hall–Kier alpha value is -4.83. The zero-order valence-electron chi connectivity index (χ0n) is 21.8.